The van der Waals surface area contributed by atoms with Crippen LogP contribution in [0.1, 0.15) is 57.8 Å². The molecule has 2 heterocycles. The summed E-state index contributed by atoms with van der Waals surface area (Å²) in [4.78, 5) is 14.3. The fourth-order valence-corrected chi connectivity index (χ4v) is 3.98. The van der Waals surface area contributed by atoms with E-state index in [0.29, 0.717) is 18.1 Å². The summed E-state index contributed by atoms with van der Waals surface area (Å²) in [5.41, 5.74) is 0. The summed E-state index contributed by atoms with van der Waals surface area (Å²) in [7, 11) is 0. The van der Waals surface area contributed by atoms with E-state index in [9.17, 15) is 4.79 Å². The van der Waals surface area contributed by atoms with Crippen LogP contribution in [0.2, 0.25) is 0 Å². The van der Waals surface area contributed by atoms with Crippen molar-refractivity contribution in [1.82, 2.24) is 10.2 Å². The van der Waals surface area contributed by atoms with Crippen molar-refractivity contribution in [2.75, 3.05) is 26.2 Å². The van der Waals surface area contributed by atoms with Crippen molar-refractivity contribution >= 4 is 5.91 Å². The van der Waals surface area contributed by atoms with Crippen LogP contribution in [-0.2, 0) is 9.53 Å². The maximum atomic E-state index is 12.3. The highest BCUT2D eigenvalue weighted by atomic mass is 16.5. The Morgan fingerprint density at radius 2 is 1.76 bits per heavy atom. The maximum Gasteiger partial charge on any atom is 0.222 e. The van der Waals surface area contributed by atoms with Gasteiger partial charge in [-0.3, -0.25) is 4.79 Å². The summed E-state index contributed by atoms with van der Waals surface area (Å²) in [6.45, 7) is 4.03. The molecule has 0 spiro atoms. The number of carbonyl (C=O) groups is 1. The van der Waals surface area contributed by atoms with E-state index in [1.54, 1.807) is 0 Å². The van der Waals surface area contributed by atoms with Gasteiger partial charge >= 0.3 is 0 Å². The van der Waals surface area contributed by atoms with Crippen LogP contribution in [0.25, 0.3) is 0 Å². The third kappa shape index (κ3) is 4.43. The molecule has 3 fully saturated rings. The van der Waals surface area contributed by atoms with Gasteiger partial charge in [-0.05, 0) is 57.5 Å². The fraction of sp³-hybridized carbons (Fsp3) is 0.941. The first kappa shape index (κ1) is 15.3. The molecule has 4 heteroatoms. The quantitative estimate of drug-likeness (QED) is 0.846. The maximum absolute atomic E-state index is 12.3. The first-order valence-electron chi connectivity index (χ1n) is 8.95. The van der Waals surface area contributed by atoms with Gasteiger partial charge in [0.15, 0.2) is 0 Å². The Morgan fingerprint density at radius 3 is 2.43 bits per heavy atom. The second-order valence-electron chi connectivity index (χ2n) is 7.02. The normalized spacial score (nSPS) is 28.4. The molecule has 0 aromatic heterocycles. The average molecular weight is 294 g/mol. The Morgan fingerprint density at radius 1 is 1.05 bits per heavy atom. The smallest absolute Gasteiger partial charge is 0.222 e. The van der Waals surface area contributed by atoms with E-state index in [0.717, 1.165) is 57.8 Å². The van der Waals surface area contributed by atoms with Crippen molar-refractivity contribution in [1.29, 1.82) is 0 Å². The molecule has 0 aromatic carbocycles. The minimum Gasteiger partial charge on any atom is -0.375 e. The number of hydrogen-bond acceptors (Lipinski definition) is 3. The van der Waals surface area contributed by atoms with Crippen LogP contribution in [-0.4, -0.2) is 49.2 Å². The van der Waals surface area contributed by atoms with Crippen molar-refractivity contribution in [3.63, 3.8) is 0 Å². The monoisotopic (exact) mass is 294 g/mol. The summed E-state index contributed by atoms with van der Waals surface area (Å²) < 4.78 is 6.18. The molecular weight excluding hydrogens is 264 g/mol. The minimum absolute atomic E-state index is 0.362. The molecule has 2 saturated heterocycles. The minimum atomic E-state index is 0.362. The lowest BCUT2D eigenvalue weighted by Crippen LogP contribution is -2.41. The Labute approximate surface area is 128 Å². The lowest BCUT2D eigenvalue weighted by atomic mass is 10.0. The molecule has 1 N–H and O–H groups in total. The number of nitrogens with zero attached hydrogens (tertiary/aromatic N) is 1. The van der Waals surface area contributed by atoms with E-state index >= 15 is 0 Å². The molecule has 0 radical (unpaired) electrons. The first-order valence-corrected chi connectivity index (χ1v) is 8.95. The number of rotatable bonds is 5. The van der Waals surface area contributed by atoms with Crippen LogP contribution in [0.5, 0.6) is 0 Å². The van der Waals surface area contributed by atoms with Crippen molar-refractivity contribution in [3.8, 4) is 0 Å². The number of ether oxygens (including phenoxy) is 1. The molecule has 0 bridgehead atoms. The Kier molecular flexibility index (Phi) is 5.53. The molecule has 1 aliphatic carbocycles. The lowest BCUT2D eigenvalue weighted by molar-refractivity contribution is -0.134. The van der Waals surface area contributed by atoms with Gasteiger partial charge in [0.2, 0.25) is 5.91 Å². The van der Waals surface area contributed by atoms with Crippen molar-refractivity contribution in [2.24, 2.45) is 5.92 Å². The lowest BCUT2D eigenvalue weighted by Gasteiger charge is -2.33. The number of piperidine rings is 1. The Balaban J connectivity index is 1.33. The summed E-state index contributed by atoms with van der Waals surface area (Å²) in [5, 5.41) is 3.37. The van der Waals surface area contributed by atoms with E-state index in [1.807, 2.05) is 0 Å². The highest BCUT2D eigenvalue weighted by Crippen LogP contribution is 2.25. The third-order valence-electron chi connectivity index (χ3n) is 5.41. The van der Waals surface area contributed by atoms with Crippen LogP contribution >= 0.6 is 0 Å². The van der Waals surface area contributed by atoms with Crippen LogP contribution in [0.15, 0.2) is 0 Å². The van der Waals surface area contributed by atoms with Gasteiger partial charge in [-0.1, -0.05) is 12.8 Å². The molecule has 3 aliphatic rings. The number of amides is 1. The van der Waals surface area contributed by atoms with E-state index in [-0.39, 0.29) is 0 Å². The summed E-state index contributed by atoms with van der Waals surface area (Å²) in [5.74, 6) is 1.08. The van der Waals surface area contributed by atoms with Gasteiger partial charge in [0.05, 0.1) is 12.2 Å². The Hall–Kier alpha value is -0.610. The zero-order valence-corrected chi connectivity index (χ0v) is 13.2. The molecular formula is C17H30N2O2. The molecule has 120 valence electrons. The van der Waals surface area contributed by atoms with Gasteiger partial charge in [-0.25, -0.2) is 0 Å². The molecule has 1 amide bonds. The topological polar surface area (TPSA) is 41.6 Å². The van der Waals surface area contributed by atoms with Gasteiger partial charge < -0.3 is 15.0 Å². The van der Waals surface area contributed by atoms with Crippen LogP contribution < -0.4 is 5.32 Å². The molecule has 3 rings (SSSR count). The highest BCUT2D eigenvalue weighted by Gasteiger charge is 2.27. The molecule has 1 unspecified atom stereocenters. The largest absolute Gasteiger partial charge is 0.375 e. The Bertz CT molecular complexity index is 328. The fourth-order valence-electron chi connectivity index (χ4n) is 3.98. The molecule has 4 nitrogen and oxygen atoms in total. The van der Waals surface area contributed by atoms with Gasteiger partial charge in [0.25, 0.3) is 0 Å². The van der Waals surface area contributed by atoms with Crippen molar-refractivity contribution < 1.29 is 9.53 Å². The van der Waals surface area contributed by atoms with E-state index in [1.165, 1.54) is 32.1 Å². The second kappa shape index (κ2) is 7.59. The molecule has 2 aliphatic heterocycles. The summed E-state index contributed by atoms with van der Waals surface area (Å²) >= 11 is 0. The second-order valence-corrected chi connectivity index (χ2v) is 7.02. The third-order valence-corrected chi connectivity index (χ3v) is 5.41. The zero-order chi connectivity index (χ0) is 14.5. The van der Waals surface area contributed by atoms with Gasteiger partial charge in [0.1, 0.15) is 0 Å². The van der Waals surface area contributed by atoms with Gasteiger partial charge in [-0.15, -0.1) is 0 Å². The number of nitrogens with one attached hydrogen (secondary N) is 1. The molecule has 21 heavy (non-hydrogen) atoms. The summed E-state index contributed by atoms with van der Waals surface area (Å²) in [6.07, 6.45) is 11.2. The van der Waals surface area contributed by atoms with E-state index in [4.69, 9.17) is 4.74 Å². The number of carbonyl (C=O) groups excluding carboxylic acids is 1. The predicted octanol–water partition coefficient (Wildman–Crippen LogP) is 2.33. The molecule has 1 atom stereocenters. The van der Waals surface area contributed by atoms with E-state index < -0.39 is 0 Å². The van der Waals surface area contributed by atoms with Crippen LogP contribution in [0.3, 0.4) is 0 Å². The van der Waals surface area contributed by atoms with Crippen molar-refractivity contribution in [2.45, 2.75) is 70.0 Å². The predicted molar refractivity (Wildman–Crippen MR) is 83.2 cm³/mol. The van der Waals surface area contributed by atoms with Gasteiger partial charge in [0, 0.05) is 19.5 Å². The van der Waals surface area contributed by atoms with E-state index in [2.05, 4.69) is 10.2 Å². The molecule has 0 aromatic rings. The zero-order valence-electron chi connectivity index (χ0n) is 13.2. The summed E-state index contributed by atoms with van der Waals surface area (Å²) in [6, 6.07) is 0. The van der Waals surface area contributed by atoms with Crippen LogP contribution in [0.4, 0.5) is 0 Å². The SMILES string of the molecule is O=C(CCC1CCNC1)N1CCC(OC2CCCC2)CC1. The van der Waals surface area contributed by atoms with Crippen molar-refractivity contribution in [3.05, 3.63) is 0 Å². The van der Waals surface area contributed by atoms with Crippen LogP contribution in [0, 0.1) is 5.92 Å². The standard InChI is InChI=1S/C17H30N2O2/c20-17(6-5-14-7-10-18-13-14)19-11-8-16(9-12-19)21-15-3-1-2-4-15/h14-16,18H,1-13H2. The molecule has 1 saturated carbocycles. The average Bonchev–Trinajstić information content (AvgIpc) is 3.19. The number of likely N-dealkylation sites (tertiary alicyclic amines) is 1. The number of hydrogen-bond donors (Lipinski definition) is 1. The first-order chi connectivity index (χ1) is 10.3. The van der Waals surface area contributed by atoms with Gasteiger partial charge in [-0.2, -0.15) is 0 Å². The highest BCUT2D eigenvalue weighted by molar-refractivity contribution is 5.76.